The summed E-state index contributed by atoms with van der Waals surface area (Å²) in [6, 6.07) is 4.08. The van der Waals surface area contributed by atoms with Crippen LogP contribution in [0.4, 0.5) is 11.4 Å². The number of hydrogen-bond donors (Lipinski definition) is 1. The van der Waals surface area contributed by atoms with E-state index in [2.05, 4.69) is 15.5 Å². The summed E-state index contributed by atoms with van der Waals surface area (Å²) in [7, 11) is 1.39. The first-order valence-electron chi connectivity index (χ1n) is 5.14. The number of nitrogens with zero attached hydrogens (tertiary/aromatic N) is 3. The number of hydrogen-bond acceptors (Lipinski definition) is 7. The van der Waals surface area contributed by atoms with E-state index in [0.29, 0.717) is 5.75 Å². The van der Waals surface area contributed by atoms with Gasteiger partial charge in [0, 0.05) is 0 Å². The molecule has 1 heterocycles. The zero-order valence-corrected chi connectivity index (χ0v) is 11.6. The van der Waals surface area contributed by atoms with Gasteiger partial charge >= 0.3 is 0 Å². The molecule has 2 rings (SSSR count). The quantitative estimate of drug-likeness (QED) is 0.685. The number of methoxy groups -OCH3 is 1. The van der Waals surface area contributed by atoms with Crippen LogP contribution in [0.25, 0.3) is 0 Å². The van der Waals surface area contributed by atoms with Gasteiger partial charge in [-0.05, 0) is 23.7 Å². The Morgan fingerprint density at radius 1 is 1.50 bits per heavy atom. The van der Waals surface area contributed by atoms with Crippen LogP contribution in [0.15, 0.2) is 18.2 Å². The van der Waals surface area contributed by atoms with Gasteiger partial charge in [0.2, 0.25) is 9.47 Å². The minimum atomic E-state index is -0.623. The van der Waals surface area contributed by atoms with Crippen molar-refractivity contribution in [2.75, 3.05) is 12.4 Å². The Morgan fingerprint density at radius 2 is 2.25 bits per heavy atom. The Balaban J connectivity index is 2.29. The number of nitrogens with one attached hydrogen (secondary N) is 1. The van der Waals surface area contributed by atoms with Crippen molar-refractivity contribution in [2.45, 2.75) is 0 Å². The molecule has 20 heavy (non-hydrogen) atoms. The third-order valence-corrected chi connectivity index (χ3v) is 3.26. The molecular weight excluding hydrogens is 308 g/mol. The fourth-order valence-corrected chi connectivity index (χ4v) is 2.09. The topological polar surface area (TPSA) is 107 Å². The van der Waals surface area contributed by atoms with E-state index < -0.39 is 10.8 Å². The van der Waals surface area contributed by atoms with E-state index in [1.165, 1.54) is 25.3 Å². The highest BCUT2D eigenvalue weighted by Gasteiger charge is 2.19. The Labute approximate surface area is 121 Å². The Kier molecular flexibility index (Phi) is 4.11. The van der Waals surface area contributed by atoms with E-state index in [0.717, 1.165) is 11.3 Å². The first-order valence-corrected chi connectivity index (χ1v) is 6.33. The van der Waals surface area contributed by atoms with Crippen molar-refractivity contribution < 1.29 is 14.5 Å². The molecule has 0 aliphatic rings. The summed E-state index contributed by atoms with van der Waals surface area (Å²) in [5.74, 6) is -0.309. The third kappa shape index (κ3) is 3.00. The summed E-state index contributed by atoms with van der Waals surface area (Å²) in [6.45, 7) is 0. The molecule has 10 heteroatoms. The normalized spacial score (nSPS) is 10.1. The van der Waals surface area contributed by atoms with Crippen LogP contribution >= 0.6 is 22.9 Å². The van der Waals surface area contributed by atoms with Gasteiger partial charge < -0.3 is 10.1 Å². The fraction of sp³-hybridized carbons (Fsp3) is 0.100. The zero-order valence-electron chi connectivity index (χ0n) is 9.99. The molecule has 2 aromatic rings. The van der Waals surface area contributed by atoms with Crippen LogP contribution in [0.5, 0.6) is 5.75 Å². The van der Waals surface area contributed by atoms with Crippen molar-refractivity contribution in [3.8, 4) is 5.75 Å². The van der Waals surface area contributed by atoms with Gasteiger partial charge in [-0.15, -0.1) is 10.2 Å². The van der Waals surface area contributed by atoms with Crippen molar-refractivity contribution in [2.24, 2.45) is 0 Å². The molecular formula is C10H7ClN4O4S. The van der Waals surface area contributed by atoms with E-state index in [-0.39, 0.29) is 20.8 Å². The van der Waals surface area contributed by atoms with E-state index in [9.17, 15) is 14.9 Å². The largest absolute Gasteiger partial charge is 0.496 e. The maximum absolute atomic E-state index is 11.8. The van der Waals surface area contributed by atoms with Crippen LogP contribution < -0.4 is 10.1 Å². The zero-order chi connectivity index (χ0) is 14.7. The number of amides is 1. The van der Waals surface area contributed by atoms with Gasteiger partial charge in [-0.1, -0.05) is 11.3 Å². The predicted molar refractivity (Wildman–Crippen MR) is 72.5 cm³/mol. The maximum Gasteiger partial charge on any atom is 0.296 e. The predicted octanol–water partition coefficient (Wildman–Crippen LogP) is 2.36. The lowest BCUT2D eigenvalue weighted by molar-refractivity contribution is -0.384. The van der Waals surface area contributed by atoms with Gasteiger partial charge in [0.15, 0.2) is 0 Å². The number of anilines is 1. The van der Waals surface area contributed by atoms with Gasteiger partial charge in [0.25, 0.3) is 11.6 Å². The van der Waals surface area contributed by atoms with E-state index in [4.69, 9.17) is 16.3 Å². The summed E-state index contributed by atoms with van der Waals surface area (Å²) in [5.41, 5.74) is -0.250. The number of aromatic nitrogens is 2. The van der Waals surface area contributed by atoms with E-state index in [1.54, 1.807) is 0 Å². The molecule has 0 unspecified atom stereocenters. The van der Waals surface area contributed by atoms with E-state index in [1.807, 2.05) is 0 Å². The molecule has 0 atom stereocenters. The molecule has 0 bridgehead atoms. The second kappa shape index (κ2) is 5.80. The van der Waals surface area contributed by atoms with Crippen molar-refractivity contribution in [1.29, 1.82) is 0 Å². The summed E-state index contributed by atoms with van der Waals surface area (Å²) < 4.78 is 5.01. The molecule has 8 nitrogen and oxygen atoms in total. The lowest BCUT2D eigenvalue weighted by atomic mass is 10.2. The van der Waals surface area contributed by atoms with Gasteiger partial charge in [-0.25, -0.2) is 0 Å². The number of rotatable bonds is 4. The number of halogens is 1. The standard InChI is InChI=1S/C10H7ClN4O4S/c1-19-5-2-3-6(7(4-5)15(17)18)12-8(16)9-13-14-10(11)20-9/h2-4H,1H3,(H,12,16). The first kappa shape index (κ1) is 14.2. The molecule has 1 amide bonds. The van der Waals surface area contributed by atoms with Gasteiger partial charge in [-0.2, -0.15) is 0 Å². The molecule has 1 N–H and O–H groups in total. The Bertz CT molecular complexity index is 675. The second-order valence-electron chi connectivity index (χ2n) is 3.45. The molecule has 0 aliphatic carbocycles. The number of benzene rings is 1. The summed E-state index contributed by atoms with van der Waals surface area (Å²) in [6.07, 6.45) is 0. The molecule has 1 aromatic carbocycles. The molecule has 0 fully saturated rings. The number of ether oxygens (including phenoxy) is 1. The van der Waals surface area contributed by atoms with Crippen LogP contribution in [0.3, 0.4) is 0 Å². The average molecular weight is 315 g/mol. The molecule has 0 radical (unpaired) electrons. The lowest BCUT2D eigenvalue weighted by Gasteiger charge is -2.05. The second-order valence-corrected chi connectivity index (χ2v) is 5.01. The summed E-state index contributed by atoms with van der Waals surface area (Å²) >= 11 is 6.44. The van der Waals surface area contributed by atoms with Crippen molar-refractivity contribution in [3.05, 3.63) is 37.8 Å². The first-order chi connectivity index (χ1) is 9.51. The molecule has 1 aromatic heterocycles. The van der Waals surface area contributed by atoms with Gasteiger partial charge in [0.05, 0.1) is 18.1 Å². The average Bonchev–Trinajstić information content (AvgIpc) is 2.85. The Hall–Kier alpha value is -2.26. The monoisotopic (exact) mass is 314 g/mol. The highest BCUT2D eigenvalue weighted by Crippen LogP contribution is 2.29. The number of nitro groups is 1. The fourth-order valence-electron chi connectivity index (χ4n) is 1.37. The number of carbonyl (C=O) groups is 1. The highest BCUT2D eigenvalue weighted by molar-refractivity contribution is 7.17. The van der Waals surface area contributed by atoms with Crippen molar-refractivity contribution in [1.82, 2.24) is 10.2 Å². The minimum absolute atomic E-state index is 0.0140. The van der Waals surface area contributed by atoms with Crippen molar-refractivity contribution in [3.63, 3.8) is 0 Å². The Morgan fingerprint density at radius 3 is 2.80 bits per heavy atom. The summed E-state index contributed by atoms with van der Waals surface area (Å²) in [4.78, 5) is 22.2. The van der Waals surface area contributed by atoms with Crippen LogP contribution in [0.1, 0.15) is 9.80 Å². The van der Waals surface area contributed by atoms with Crippen LogP contribution in [-0.2, 0) is 0 Å². The lowest BCUT2D eigenvalue weighted by Crippen LogP contribution is -2.13. The van der Waals surface area contributed by atoms with Crippen LogP contribution in [0, 0.1) is 10.1 Å². The summed E-state index contributed by atoms with van der Waals surface area (Å²) in [5, 5.41) is 20.4. The molecule has 0 saturated heterocycles. The van der Waals surface area contributed by atoms with Crippen LogP contribution in [-0.4, -0.2) is 28.1 Å². The number of nitro benzene ring substituents is 1. The maximum atomic E-state index is 11.8. The minimum Gasteiger partial charge on any atom is -0.496 e. The van der Waals surface area contributed by atoms with Crippen LogP contribution in [0.2, 0.25) is 4.47 Å². The number of carbonyl (C=O) groups excluding carboxylic acids is 1. The van der Waals surface area contributed by atoms with E-state index >= 15 is 0 Å². The molecule has 0 aliphatic heterocycles. The van der Waals surface area contributed by atoms with Gasteiger partial charge in [-0.3, -0.25) is 14.9 Å². The molecule has 0 saturated carbocycles. The SMILES string of the molecule is COc1ccc(NC(=O)c2nnc(Cl)s2)c([N+](=O)[O-])c1. The molecule has 104 valence electrons. The van der Waals surface area contributed by atoms with Crippen molar-refractivity contribution >= 4 is 40.2 Å². The smallest absolute Gasteiger partial charge is 0.296 e. The highest BCUT2D eigenvalue weighted by atomic mass is 35.5. The third-order valence-electron chi connectivity index (χ3n) is 2.24. The molecule has 0 spiro atoms. The van der Waals surface area contributed by atoms with Gasteiger partial charge in [0.1, 0.15) is 11.4 Å².